The minimum absolute atomic E-state index is 0.0399. The summed E-state index contributed by atoms with van der Waals surface area (Å²) in [4.78, 5) is 21.0. The predicted octanol–water partition coefficient (Wildman–Crippen LogP) is 4.54. The molecule has 0 saturated carbocycles. The van der Waals surface area contributed by atoms with Crippen molar-refractivity contribution >= 4 is 34.8 Å². The molecule has 0 N–H and O–H groups in total. The van der Waals surface area contributed by atoms with E-state index in [-0.39, 0.29) is 11.5 Å². The molecule has 1 aromatic carbocycles. The van der Waals surface area contributed by atoms with Gasteiger partial charge in [-0.2, -0.15) is 0 Å². The third-order valence-electron chi connectivity index (χ3n) is 4.69. The summed E-state index contributed by atoms with van der Waals surface area (Å²) < 4.78 is 11.2. The standard InChI is InChI=1S/C22H27Cl2N3O3/c1-22(2,3)30-14-13-29-19-8-7-16(15-25-19)21(28)27-11-9-26(10-12-27)18-6-4-5-17(23)20(18)24/h4-8,15H,9-14H2,1-3H3. The number of carbonyl (C=O) groups is 1. The molecule has 1 amide bonds. The predicted molar refractivity (Wildman–Crippen MR) is 120 cm³/mol. The minimum Gasteiger partial charge on any atom is -0.475 e. The van der Waals surface area contributed by atoms with Gasteiger partial charge in [-0.15, -0.1) is 0 Å². The Morgan fingerprint density at radius 3 is 2.43 bits per heavy atom. The second kappa shape index (κ2) is 9.86. The minimum atomic E-state index is -0.199. The highest BCUT2D eigenvalue weighted by atomic mass is 35.5. The smallest absolute Gasteiger partial charge is 0.255 e. The van der Waals surface area contributed by atoms with Crippen LogP contribution in [0.2, 0.25) is 10.0 Å². The summed E-state index contributed by atoms with van der Waals surface area (Å²) in [5, 5.41) is 1.08. The van der Waals surface area contributed by atoms with Crippen molar-refractivity contribution in [1.29, 1.82) is 0 Å². The molecule has 1 aliphatic heterocycles. The van der Waals surface area contributed by atoms with E-state index in [1.54, 1.807) is 24.4 Å². The summed E-state index contributed by atoms with van der Waals surface area (Å²) in [6, 6.07) is 9.06. The molecule has 1 aromatic heterocycles. The number of amides is 1. The molecule has 6 nitrogen and oxygen atoms in total. The SMILES string of the molecule is CC(C)(C)OCCOc1ccc(C(=O)N2CCN(c3cccc(Cl)c3Cl)CC2)cn1. The Morgan fingerprint density at radius 1 is 1.07 bits per heavy atom. The normalized spacial score (nSPS) is 14.7. The molecule has 30 heavy (non-hydrogen) atoms. The van der Waals surface area contributed by atoms with Crippen molar-refractivity contribution < 1.29 is 14.3 Å². The molecule has 0 bridgehead atoms. The van der Waals surface area contributed by atoms with Crippen LogP contribution < -0.4 is 9.64 Å². The Bertz CT molecular complexity index is 861. The summed E-state index contributed by atoms with van der Waals surface area (Å²) in [7, 11) is 0. The first-order valence-corrected chi connectivity index (χ1v) is 10.7. The van der Waals surface area contributed by atoms with Gasteiger partial charge in [0.25, 0.3) is 5.91 Å². The van der Waals surface area contributed by atoms with Crippen LogP contribution in [0.3, 0.4) is 0 Å². The van der Waals surface area contributed by atoms with Crippen molar-refractivity contribution in [2.45, 2.75) is 26.4 Å². The molecular weight excluding hydrogens is 425 g/mol. The van der Waals surface area contributed by atoms with E-state index < -0.39 is 0 Å². The van der Waals surface area contributed by atoms with Crippen molar-refractivity contribution in [1.82, 2.24) is 9.88 Å². The largest absolute Gasteiger partial charge is 0.475 e. The van der Waals surface area contributed by atoms with Gasteiger partial charge in [0.05, 0.1) is 33.5 Å². The van der Waals surface area contributed by atoms with Gasteiger partial charge in [-0.25, -0.2) is 4.98 Å². The number of anilines is 1. The molecule has 1 saturated heterocycles. The molecule has 2 heterocycles. The van der Waals surface area contributed by atoms with E-state index in [0.717, 1.165) is 5.69 Å². The van der Waals surface area contributed by atoms with Crippen LogP contribution in [0.1, 0.15) is 31.1 Å². The molecule has 0 radical (unpaired) electrons. The maximum absolute atomic E-state index is 12.8. The molecule has 0 spiro atoms. The van der Waals surface area contributed by atoms with E-state index in [1.165, 1.54) is 0 Å². The fourth-order valence-corrected chi connectivity index (χ4v) is 3.57. The number of carbonyl (C=O) groups excluding carboxylic acids is 1. The first-order valence-electron chi connectivity index (χ1n) is 9.95. The molecule has 8 heteroatoms. The maximum atomic E-state index is 12.8. The third kappa shape index (κ3) is 6.00. The van der Waals surface area contributed by atoms with Crippen LogP contribution in [0.25, 0.3) is 0 Å². The van der Waals surface area contributed by atoms with Gasteiger partial charge >= 0.3 is 0 Å². The van der Waals surface area contributed by atoms with Gasteiger partial charge in [-0.3, -0.25) is 4.79 Å². The third-order valence-corrected chi connectivity index (χ3v) is 5.50. The van der Waals surface area contributed by atoms with Crippen molar-refractivity contribution in [3.63, 3.8) is 0 Å². The Labute approximate surface area is 187 Å². The lowest BCUT2D eigenvalue weighted by molar-refractivity contribution is -0.0168. The number of piperazine rings is 1. The fraction of sp³-hybridized carbons (Fsp3) is 0.455. The van der Waals surface area contributed by atoms with Crippen LogP contribution >= 0.6 is 23.2 Å². The first kappa shape index (κ1) is 22.7. The quantitative estimate of drug-likeness (QED) is 0.603. The highest BCUT2D eigenvalue weighted by Gasteiger charge is 2.24. The number of hydrogen-bond acceptors (Lipinski definition) is 5. The van der Waals surface area contributed by atoms with Crippen molar-refractivity contribution in [3.05, 3.63) is 52.1 Å². The van der Waals surface area contributed by atoms with Crippen LogP contribution in [0.5, 0.6) is 5.88 Å². The van der Waals surface area contributed by atoms with E-state index in [4.69, 9.17) is 32.7 Å². The fourth-order valence-electron chi connectivity index (χ4n) is 3.16. The average Bonchev–Trinajstić information content (AvgIpc) is 2.73. The monoisotopic (exact) mass is 451 g/mol. The number of halogens is 2. The first-order chi connectivity index (χ1) is 14.2. The number of nitrogens with zero attached hydrogens (tertiary/aromatic N) is 3. The van der Waals surface area contributed by atoms with E-state index >= 15 is 0 Å². The Hall–Kier alpha value is -2.02. The van der Waals surface area contributed by atoms with Gasteiger partial charge in [0.1, 0.15) is 6.61 Å². The van der Waals surface area contributed by atoms with Crippen LogP contribution in [0, 0.1) is 0 Å². The maximum Gasteiger partial charge on any atom is 0.255 e. The molecule has 0 unspecified atom stereocenters. The summed E-state index contributed by atoms with van der Waals surface area (Å²) in [5.41, 5.74) is 1.24. The molecule has 3 rings (SSSR count). The van der Waals surface area contributed by atoms with Crippen molar-refractivity contribution in [2.75, 3.05) is 44.3 Å². The summed E-state index contributed by atoms with van der Waals surface area (Å²) >= 11 is 12.4. The van der Waals surface area contributed by atoms with E-state index in [0.29, 0.717) is 60.9 Å². The van der Waals surface area contributed by atoms with Gasteiger partial charge in [0.2, 0.25) is 5.88 Å². The Balaban J connectivity index is 1.51. The highest BCUT2D eigenvalue weighted by molar-refractivity contribution is 6.43. The van der Waals surface area contributed by atoms with Gasteiger partial charge in [0.15, 0.2) is 0 Å². The lowest BCUT2D eigenvalue weighted by atomic mass is 10.2. The number of rotatable bonds is 6. The van der Waals surface area contributed by atoms with Crippen LogP contribution in [0.15, 0.2) is 36.5 Å². The second-order valence-corrected chi connectivity index (χ2v) is 8.83. The molecule has 2 aromatic rings. The highest BCUT2D eigenvalue weighted by Crippen LogP contribution is 2.33. The van der Waals surface area contributed by atoms with Crippen LogP contribution in [-0.2, 0) is 4.74 Å². The molecule has 1 fully saturated rings. The van der Waals surface area contributed by atoms with E-state index in [2.05, 4.69) is 9.88 Å². The second-order valence-electron chi connectivity index (χ2n) is 8.05. The number of hydrogen-bond donors (Lipinski definition) is 0. The average molecular weight is 452 g/mol. The number of benzene rings is 1. The van der Waals surface area contributed by atoms with Gasteiger partial charge in [-0.1, -0.05) is 29.3 Å². The zero-order chi connectivity index (χ0) is 21.7. The molecule has 162 valence electrons. The Morgan fingerprint density at radius 2 is 1.80 bits per heavy atom. The van der Waals surface area contributed by atoms with Crippen molar-refractivity contribution in [3.8, 4) is 5.88 Å². The van der Waals surface area contributed by atoms with Crippen LogP contribution in [-0.4, -0.2) is 60.8 Å². The lowest BCUT2D eigenvalue weighted by Gasteiger charge is -2.36. The van der Waals surface area contributed by atoms with E-state index in [1.807, 2.05) is 37.8 Å². The number of pyridine rings is 1. The summed E-state index contributed by atoms with van der Waals surface area (Å²) in [5.74, 6) is 0.437. The number of aromatic nitrogens is 1. The zero-order valence-corrected chi connectivity index (χ0v) is 19.0. The van der Waals surface area contributed by atoms with Gasteiger partial charge < -0.3 is 19.3 Å². The van der Waals surface area contributed by atoms with Gasteiger partial charge in [0, 0.05) is 38.4 Å². The number of ether oxygens (including phenoxy) is 2. The summed E-state index contributed by atoms with van der Waals surface area (Å²) in [6.07, 6.45) is 1.56. The molecule has 0 aliphatic carbocycles. The summed E-state index contributed by atoms with van der Waals surface area (Å²) in [6.45, 7) is 9.45. The van der Waals surface area contributed by atoms with E-state index in [9.17, 15) is 4.79 Å². The van der Waals surface area contributed by atoms with Crippen LogP contribution in [0.4, 0.5) is 5.69 Å². The molecule has 1 aliphatic rings. The zero-order valence-electron chi connectivity index (χ0n) is 17.5. The van der Waals surface area contributed by atoms with Crippen molar-refractivity contribution in [2.24, 2.45) is 0 Å². The van der Waals surface area contributed by atoms with Gasteiger partial charge in [-0.05, 0) is 39.0 Å². The molecule has 0 atom stereocenters. The lowest BCUT2D eigenvalue weighted by Crippen LogP contribution is -2.48. The Kier molecular flexibility index (Phi) is 7.45. The topological polar surface area (TPSA) is 54.9 Å². The molecular formula is C22H27Cl2N3O3.